The van der Waals surface area contributed by atoms with Crippen molar-refractivity contribution >= 4 is 23.5 Å². The molecule has 4 aromatic rings. The molecule has 1 amide bonds. The number of rotatable bonds is 4. The van der Waals surface area contributed by atoms with Gasteiger partial charge in [-0.1, -0.05) is 23.7 Å². The van der Waals surface area contributed by atoms with E-state index < -0.39 is 53.5 Å². The van der Waals surface area contributed by atoms with Crippen molar-refractivity contribution in [3.63, 3.8) is 0 Å². The van der Waals surface area contributed by atoms with Crippen LogP contribution in [0.25, 0.3) is 11.1 Å². The molecule has 6 rings (SSSR count). The average molecular weight is 641 g/mol. The van der Waals surface area contributed by atoms with E-state index in [1.54, 1.807) is 18.2 Å². The molecule has 232 valence electrons. The van der Waals surface area contributed by atoms with Crippen LogP contribution < -0.4 is 15.6 Å². The van der Waals surface area contributed by atoms with Crippen molar-refractivity contribution < 1.29 is 37.0 Å². The highest BCUT2D eigenvalue weighted by atomic mass is 35.5. The lowest BCUT2D eigenvalue weighted by molar-refractivity contribution is -0.138. The quantitative estimate of drug-likeness (QED) is 0.225. The van der Waals surface area contributed by atoms with E-state index in [9.17, 15) is 32.7 Å². The van der Waals surface area contributed by atoms with Gasteiger partial charge in [-0.3, -0.25) is 19.0 Å². The molecule has 0 spiro atoms. The molecule has 45 heavy (non-hydrogen) atoms. The van der Waals surface area contributed by atoms with Gasteiger partial charge in [-0.2, -0.15) is 13.2 Å². The van der Waals surface area contributed by atoms with Gasteiger partial charge in [0.05, 0.1) is 18.0 Å². The maximum atomic E-state index is 16.2. The fourth-order valence-corrected chi connectivity index (χ4v) is 5.96. The van der Waals surface area contributed by atoms with Gasteiger partial charge < -0.3 is 15.2 Å². The van der Waals surface area contributed by atoms with Gasteiger partial charge >= 0.3 is 12.1 Å². The molecule has 1 saturated carbocycles. The van der Waals surface area contributed by atoms with Crippen LogP contribution in [-0.2, 0) is 15.8 Å². The van der Waals surface area contributed by atoms with Gasteiger partial charge in [-0.15, -0.1) is 0 Å². The third-order valence-corrected chi connectivity index (χ3v) is 8.38. The second-order valence-electron chi connectivity index (χ2n) is 11.2. The number of nitrogens with zero attached hydrogens (tertiary/aromatic N) is 1. The van der Waals surface area contributed by atoms with Crippen molar-refractivity contribution in [1.29, 1.82) is 0 Å². The Morgan fingerprint density at radius 3 is 2.44 bits per heavy atom. The largest absolute Gasteiger partial charge is 0.481 e. The SMILES string of the molecule is Cc1cccc2c1-c1cc(C3CC3)c(F)c(c1)C(CC(=O)O)NC(=O)C(n1ccc(C(F)(F)F)cc1=O)c1cc(ccc1Cl)O2. The van der Waals surface area contributed by atoms with E-state index in [0.29, 0.717) is 34.6 Å². The zero-order valence-corrected chi connectivity index (χ0v) is 24.4. The smallest absolute Gasteiger partial charge is 0.416 e. The summed E-state index contributed by atoms with van der Waals surface area (Å²) in [5, 5.41) is 12.4. The van der Waals surface area contributed by atoms with Crippen LogP contribution in [0.1, 0.15) is 65.1 Å². The van der Waals surface area contributed by atoms with Crippen LogP contribution in [0.15, 0.2) is 71.7 Å². The van der Waals surface area contributed by atoms with Gasteiger partial charge in [-0.05, 0) is 84.8 Å². The van der Waals surface area contributed by atoms with Crippen molar-refractivity contribution in [2.75, 3.05) is 0 Å². The molecule has 1 aromatic heterocycles. The lowest BCUT2D eigenvalue weighted by Crippen LogP contribution is -2.40. The van der Waals surface area contributed by atoms with Gasteiger partial charge in [0.15, 0.2) is 0 Å². The van der Waals surface area contributed by atoms with Crippen LogP contribution in [0, 0.1) is 12.7 Å². The average Bonchev–Trinajstić information content (AvgIpc) is 3.80. The summed E-state index contributed by atoms with van der Waals surface area (Å²) in [5.74, 6) is -2.52. The minimum absolute atomic E-state index is 0.0121. The number of carbonyl (C=O) groups excluding carboxylic acids is 1. The highest BCUT2D eigenvalue weighted by Crippen LogP contribution is 2.47. The number of aryl methyl sites for hydroxylation is 1. The maximum absolute atomic E-state index is 16.2. The Bertz CT molecular complexity index is 1920. The zero-order valence-electron chi connectivity index (χ0n) is 23.6. The fourth-order valence-electron chi connectivity index (χ4n) is 5.74. The van der Waals surface area contributed by atoms with Crippen LogP contribution in [0.5, 0.6) is 11.5 Å². The fraction of sp³-hybridized carbons (Fsp3) is 0.242. The first-order valence-electron chi connectivity index (χ1n) is 14.0. The molecular formula is C33H25ClF4N2O5. The third-order valence-electron chi connectivity index (χ3n) is 8.03. The van der Waals surface area contributed by atoms with Crippen molar-refractivity contribution in [2.45, 2.75) is 50.4 Å². The predicted octanol–water partition coefficient (Wildman–Crippen LogP) is 7.54. The van der Waals surface area contributed by atoms with Crippen LogP contribution >= 0.6 is 11.6 Å². The van der Waals surface area contributed by atoms with Gasteiger partial charge in [0.25, 0.3) is 5.56 Å². The minimum Gasteiger partial charge on any atom is -0.481 e. The topological polar surface area (TPSA) is 97.6 Å². The maximum Gasteiger partial charge on any atom is 0.416 e. The Labute approximate surface area is 259 Å². The number of fused-ring (bicyclic) bond motifs is 6. The first-order chi connectivity index (χ1) is 21.3. The number of halogens is 5. The lowest BCUT2D eigenvalue weighted by Gasteiger charge is -2.26. The lowest BCUT2D eigenvalue weighted by atomic mass is 9.90. The molecule has 1 fully saturated rings. The number of benzene rings is 3. The molecule has 2 aliphatic rings. The summed E-state index contributed by atoms with van der Waals surface area (Å²) in [5.41, 5.74) is -0.172. The second-order valence-corrected chi connectivity index (χ2v) is 11.6. The standard InChI is InChI=1S/C33H25ClF4N2O5/c1-16-3-2-4-26-29(16)18-11-21(17-5-6-17)30(35)23(12-18)25(15-28(42)43)39-32(44)31(22-14-20(45-26)7-8-24(22)34)40-10-9-19(13-27(40)41)33(36,37)38/h2-4,7-14,17,25,31H,5-6,15H2,1H3,(H,39,44)(H,42,43). The van der Waals surface area contributed by atoms with Gasteiger partial charge in [0.1, 0.15) is 23.4 Å². The number of nitrogens with one attached hydrogen (secondary N) is 1. The van der Waals surface area contributed by atoms with E-state index in [2.05, 4.69) is 5.32 Å². The number of hydrogen-bond acceptors (Lipinski definition) is 4. The van der Waals surface area contributed by atoms with Crippen molar-refractivity contribution in [3.8, 4) is 22.6 Å². The van der Waals surface area contributed by atoms with Crippen molar-refractivity contribution in [2.24, 2.45) is 0 Å². The number of amides is 1. The van der Waals surface area contributed by atoms with E-state index in [-0.39, 0.29) is 27.8 Å². The predicted molar refractivity (Wildman–Crippen MR) is 157 cm³/mol. The van der Waals surface area contributed by atoms with E-state index in [0.717, 1.165) is 29.2 Å². The minimum atomic E-state index is -4.82. The Balaban J connectivity index is 1.63. The molecule has 0 saturated heterocycles. The molecule has 1 aliphatic heterocycles. The molecule has 7 nitrogen and oxygen atoms in total. The summed E-state index contributed by atoms with van der Waals surface area (Å²) in [6.45, 7) is 1.84. The zero-order chi connectivity index (χ0) is 32.2. The first-order valence-corrected chi connectivity index (χ1v) is 14.4. The summed E-state index contributed by atoms with van der Waals surface area (Å²) in [4.78, 5) is 39.3. The molecular weight excluding hydrogens is 616 g/mol. The Kier molecular flexibility index (Phi) is 7.68. The second kappa shape index (κ2) is 11.4. The summed E-state index contributed by atoms with van der Waals surface area (Å²) in [7, 11) is 0. The van der Waals surface area contributed by atoms with Crippen molar-refractivity contribution in [3.05, 3.63) is 116 Å². The molecule has 0 radical (unpaired) electrons. The van der Waals surface area contributed by atoms with Crippen LogP contribution in [0.3, 0.4) is 0 Å². The van der Waals surface area contributed by atoms with Crippen LogP contribution in [0.2, 0.25) is 5.02 Å². The summed E-state index contributed by atoms with van der Waals surface area (Å²) in [6, 6.07) is 10.7. The van der Waals surface area contributed by atoms with Crippen LogP contribution in [0.4, 0.5) is 17.6 Å². The highest BCUT2D eigenvalue weighted by Gasteiger charge is 2.36. The van der Waals surface area contributed by atoms with Gasteiger partial charge in [-0.25, -0.2) is 4.39 Å². The van der Waals surface area contributed by atoms with Gasteiger partial charge in [0.2, 0.25) is 5.91 Å². The summed E-state index contributed by atoms with van der Waals surface area (Å²) < 4.78 is 63.4. The number of aliphatic carboxylic acids is 1. The molecule has 4 bridgehead atoms. The normalized spacial score (nSPS) is 18.0. The number of hydrogen-bond donors (Lipinski definition) is 2. The number of carboxylic acids is 1. The van der Waals surface area contributed by atoms with Crippen molar-refractivity contribution in [1.82, 2.24) is 9.88 Å². The molecule has 12 heteroatoms. The van der Waals surface area contributed by atoms with E-state index in [4.69, 9.17) is 16.3 Å². The first kappa shape index (κ1) is 30.4. The Hall–Kier alpha value is -4.64. The van der Waals surface area contributed by atoms with Gasteiger partial charge in [0, 0.05) is 34.0 Å². The van der Waals surface area contributed by atoms with E-state index in [1.807, 2.05) is 13.0 Å². The Morgan fingerprint density at radius 1 is 1.04 bits per heavy atom. The molecule has 2 N–H and O–H groups in total. The van der Waals surface area contributed by atoms with Crippen LogP contribution in [-0.4, -0.2) is 21.6 Å². The summed E-state index contributed by atoms with van der Waals surface area (Å²) in [6.07, 6.45) is -3.27. The Morgan fingerprint density at radius 2 is 1.78 bits per heavy atom. The number of carbonyl (C=O) groups is 2. The number of pyridine rings is 1. The molecule has 3 aromatic carbocycles. The monoisotopic (exact) mass is 640 g/mol. The number of ether oxygens (including phenoxy) is 1. The summed E-state index contributed by atoms with van der Waals surface area (Å²) >= 11 is 6.53. The molecule has 2 unspecified atom stereocenters. The number of carboxylic acid groups (broad SMARTS) is 1. The molecule has 2 atom stereocenters. The van der Waals surface area contributed by atoms with E-state index >= 15 is 4.39 Å². The highest BCUT2D eigenvalue weighted by molar-refractivity contribution is 6.31. The number of aromatic nitrogens is 1. The third kappa shape index (κ3) is 5.92. The molecule has 1 aliphatic carbocycles. The molecule has 2 heterocycles. The van der Waals surface area contributed by atoms with E-state index in [1.165, 1.54) is 24.3 Å². The number of alkyl halides is 3.